The first kappa shape index (κ1) is 19.0. The minimum absolute atomic E-state index is 0.0423. The molecule has 0 saturated carbocycles. The lowest BCUT2D eigenvalue weighted by molar-refractivity contribution is -0.130. The summed E-state index contributed by atoms with van der Waals surface area (Å²) in [6.07, 6.45) is 2.05. The molecule has 142 valence electrons. The summed E-state index contributed by atoms with van der Waals surface area (Å²) in [7, 11) is 0. The number of carbonyl (C=O) groups is 2. The number of esters is 1. The van der Waals surface area contributed by atoms with Gasteiger partial charge in [0, 0.05) is 0 Å². The molecule has 0 saturated heterocycles. The molecular formula is C22H25NO4. The Kier molecular flexibility index (Phi) is 6.12. The SMILES string of the molecule is CCOc1ccccc1C(=O)OC(C)C(=O)NC1CCCc2ccccc21. The number of nitrogens with one attached hydrogen (secondary N) is 1. The lowest BCUT2D eigenvalue weighted by atomic mass is 9.87. The van der Waals surface area contributed by atoms with Gasteiger partial charge in [-0.3, -0.25) is 4.79 Å². The fourth-order valence-electron chi connectivity index (χ4n) is 3.39. The number of rotatable bonds is 6. The molecule has 1 amide bonds. The molecule has 2 aromatic rings. The fourth-order valence-corrected chi connectivity index (χ4v) is 3.39. The van der Waals surface area contributed by atoms with Crippen LogP contribution in [0, 0.1) is 0 Å². The molecule has 1 aliphatic carbocycles. The Bertz CT molecular complexity index is 817. The maximum Gasteiger partial charge on any atom is 0.342 e. The smallest absolute Gasteiger partial charge is 0.342 e. The third-order valence-corrected chi connectivity index (χ3v) is 4.75. The van der Waals surface area contributed by atoms with Crippen molar-refractivity contribution in [2.75, 3.05) is 6.61 Å². The number of hydrogen-bond acceptors (Lipinski definition) is 4. The van der Waals surface area contributed by atoms with E-state index in [1.54, 1.807) is 31.2 Å². The van der Waals surface area contributed by atoms with Gasteiger partial charge in [0.2, 0.25) is 0 Å². The number of hydrogen-bond donors (Lipinski definition) is 1. The minimum Gasteiger partial charge on any atom is -0.493 e. The van der Waals surface area contributed by atoms with Crippen molar-refractivity contribution in [1.82, 2.24) is 5.32 Å². The number of ether oxygens (including phenoxy) is 2. The van der Waals surface area contributed by atoms with Gasteiger partial charge in [0.05, 0.1) is 12.6 Å². The van der Waals surface area contributed by atoms with Gasteiger partial charge in [0.1, 0.15) is 11.3 Å². The van der Waals surface area contributed by atoms with Crippen LogP contribution in [0.15, 0.2) is 48.5 Å². The van der Waals surface area contributed by atoms with E-state index >= 15 is 0 Å². The van der Waals surface area contributed by atoms with E-state index in [2.05, 4.69) is 17.4 Å². The minimum atomic E-state index is -0.888. The van der Waals surface area contributed by atoms with Crippen molar-refractivity contribution in [2.24, 2.45) is 0 Å². The van der Waals surface area contributed by atoms with Crippen molar-refractivity contribution < 1.29 is 19.1 Å². The average molecular weight is 367 g/mol. The molecule has 0 bridgehead atoms. The molecule has 5 nitrogen and oxygen atoms in total. The monoisotopic (exact) mass is 367 g/mol. The molecule has 1 aliphatic rings. The third-order valence-electron chi connectivity index (χ3n) is 4.75. The second-order valence-corrected chi connectivity index (χ2v) is 6.63. The maximum absolute atomic E-state index is 12.6. The van der Waals surface area contributed by atoms with Crippen LogP contribution < -0.4 is 10.1 Å². The Hall–Kier alpha value is -2.82. The summed E-state index contributed by atoms with van der Waals surface area (Å²) in [5.41, 5.74) is 2.74. The van der Waals surface area contributed by atoms with Gasteiger partial charge in [-0.05, 0) is 56.4 Å². The van der Waals surface area contributed by atoms with Crippen molar-refractivity contribution in [1.29, 1.82) is 0 Å². The first-order chi connectivity index (χ1) is 13.1. The largest absolute Gasteiger partial charge is 0.493 e. The molecule has 0 radical (unpaired) electrons. The second-order valence-electron chi connectivity index (χ2n) is 6.63. The molecule has 27 heavy (non-hydrogen) atoms. The topological polar surface area (TPSA) is 64.6 Å². The van der Waals surface area contributed by atoms with Gasteiger partial charge < -0.3 is 14.8 Å². The Labute approximate surface area is 159 Å². The standard InChI is InChI=1S/C22H25NO4/c1-3-26-20-14-7-6-12-18(20)22(25)27-15(2)21(24)23-19-13-8-10-16-9-4-5-11-17(16)19/h4-7,9,11-12,14-15,19H,3,8,10,13H2,1-2H3,(H,23,24). The van der Waals surface area contributed by atoms with Crippen LogP contribution in [-0.4, -0.2) is 24.6 Å². The van der Waals surface area contributed by atoms with E-state index < -0.39 is 12.1 Å². The maximum atomic E-state index is 12.6. The highest BCUT2D eigenvalue weighted by Crippen LogP contribution is 2.29. The summed E-state index contributed by atoms with van der Waals surface area (Å²) >= 11 is 0. The van der Waals surface area contributed by atoms with Crippen LogP contribution in [0.5, 0.6) is 5.75 Å². The van der Waals surface area contributed by atoms with Crippen molar-refractivity contribution in [3.8, 4) is 5.75 Å². The Morgan fingerprint density at radius 3 is 2.70 bits per heavy atom. The second kappa shape index (κ2) is 8.71. The zero-order chi connectivity index (χ0) is 19.2. The van der Waals surface area contributed by atoms with Crippen LogP contribution in [-0.2, 0) is 16.0 Å². The molecule has 5 heteroatoms. The molecule has 2 atom stereocenters. The Balaban J connectivity index is 1.64. The number of para-hydroxylation sites is 1. The van der Waals surface area contributed by atoms with Gasteiger partial charge in [-0.2, -0.15) is 0 Å². The summed E-state index contributed by atoms with van der Waals surface area (Å²) in [6.45, 7) is 3.88. The number of amides is 1. The number of fused-ring (bicyclic) bond motifs is 1. The van der Waals surface area contributed by atoms with Gasteiger partial charge in [0.15, 0.2) is 6.10 Å². The predicted octanol–water partition coefficient (Wildman–Crippen LogP) is 3.82. The van der Waals surface area contributed by atoms with Gasteiger partial charge in [-0.15, -0.1) is 0 Å². The first-order valence-corrected chi connectivity index (χ1v) is 9.41. The summed E-state index contributed by atoms with van der Waals surface area (Å²) in [5.74, 6) is -0.400. The van der Waals surface area contributed by atoms with E-state index in [0.29, 0.717) is 17.9 Å². The van der Waals surface area contributed by atoms with E-state index in [1.807, 2.05) is 19.1 Å². The van der Waals surface area contributed by atoms with E-state index in [4.69, 9.17) is 9.47 Å². The van der Waals surface area contributed by atoms with Crippen molar-refractivity contribution in [2.45, 2.75) is 45.3 Å². The highest BCUT2D eigenvalue weighted by Gasteiger charge is 2.26. The van der Waals surface area contributed by atoms with Crippen LogP contribution in [0.3, 0.4) is 0 Å². The molecule has 0 heterocycles. The highest BCUT2D eigenvalue weighted by atomic mass is 16.5. The normalized spacial score (nSPS) is 16.7. The molecule has 0 spiro atoms. The lowest BCUT2D eigenvalue weighted by Gasteiger charge is -2.27. The molecule has 0 fully saturated rings. The third kappa shape index (κ3) is 4.48. The molecule has 0 aromatic heterocycles. The van der Waals surface area contributed by atoms with Gasteiger partial charge in [-0.1, -0.05) is 36.4 Å². The highest BCUT2D eigenvalue weighted by molar-refractivity contribution is 5.94. The average Bonchev–Trinajstić information content (AvgIpc) is 2.69. The molecule has 2 aromatic carbocycles. The van der Waals surface area contributed by atoms with E-state index in [0.717, 1.165) is 24.8 Å². The zero-order valence-electron chi connectivity index (χ0n) is 15.7. The summed E-state index contributed by atoms with van der Waals surface area (Å²) in [4.78, 5) is 25.0. The number of benzene rings is 2. The van der Waals surface area contributed by atoms with Crippen molar-refractivity contribution >= 4 is 11.9 Å². The summed E-state index contributed by atoms with van der Waals surface area (Å²) in [5, 5.41) is 3.02. The zero-order valence-corrected chi connectivity index (χ0v) is 15.7. The predicted molar refractivity (Wildman–Crippen MR) is 103 cm³/mol. The van der Waals surface area contributed by atoms with Crippen molar-refractivity contribution in [3.63, 3.8) is 0 Å². The van der Waals surface area contributed by atoms with E-state index in [1.165, 1.54) is 5.56 Å². The summed E-state index contributed by atoms with van der Waals surface area (Å²) in [6, 6.07) is 15.0. The van der Waals surface area contributed by atoms with Crippen LogP contribution in [0.25, 0.3) is 0 Å². The van der Waals surface area contributed by atoms with Crippen LogP contribution in [0.1, 0.15) is 54.2 Å². The molecule has 3 rings (SSSR count). The van der Waals surface area contributed by atoms with Crippen LogP contribution in [0.4, 0.5) is 0 Å². The lowest BCUT2D eigenvalue weighted by Crippen LogP contribution is -2.39. The summed E-state index contributed by atoms with van der Waals surface area (Å²) < 4.78 is 10.8. The van der Waals surface area contributed by atoms with Crippen LogP contribution in [0.2, 0.25) is 0 Å². The van der Waals surface area contributed by atoms with E-state index in [-0.39, 0.29) is 11.9 Å². The Morgan fingerprint density at radius 2 is 1.89 bits per heavy atom. The molecule has 2 unspecified atom stereocenters. The quantitative estimate of drug-likeness (QED) is 0.788. The number of carbonyl (C=O) groups excluding carboxylic acids is 2. The van der Waals surface area contributed by atoms with Gasteiger partial charge >= 0.3 is 5.97 Å². The van der Waals surface area contributed by atoms with Crippen LogP contribution >= 0.6 is 0 Å². The van der Waals surface area contributed by atoms with Gasteiger partial charge in [-0.25, -0.2) is 4.79 Å². The molecule has 1 N–H and O–H groups in total. The fraction of sp³-hybridized carbons (Fsp3) is 0.364. The Morgan fingerprint density at radius 1 is 1.15 bits per heavy atom. The van der Waals surface area contributed by atoms with Crippen molar-refractivity contribution in [3.05, 3.63) is 65.2 Å². The number of aryl methyl sites for hydroxylation is 1. The molecular weight excluding hydrogens is 342 g/mol. The van der Waals surface area contributed by atoms with Gasteiger partial charge in [0.25, 0.3) is 5.91 Å². The molecule has 0 aliphatic heterocycles. The van der Waals surface area contributed by atoms with E-state index in [9.17, 15) is 9.59 Å². The first-order valence-electron chi connectivity index (χ1n) is 9.41.